The molecule has 136 valence electrons. The monoisotopic (exact) mass is 376 g/mol. The number of hydrogen-bond acceptors (Lipinski definition) is 4. The van der Waals surface area contributed by atoms with Crippen LogP contribution in [0.25, 0.3) is 22.1 Å². The van der Waals surface area contributed by atoms with E-state index in [1.807, 2.05) is 42.5 Å². The van der Waals surface area contributed by atoms with Crippen LogP contribution < -0.4 is 14.8 Å². The van der Waals surface area contributed by atoms with E-state index in [1.165, 1.54) is 29.7 Å². The Morgan fingerprint density at radius 1 is 1.19 bits per heavy atom. The Balaban J connectivity index is 1.53. The van der Waals surface area contributed by atoms with Gasteiger partial charge < -0.3 is 4.74 Å². The summed E-state index contributed by atoms with van der Waals surface area (Å²) in [6.45, 7) is 4.93. The molecule has 1 aliphatic rings. The molecule has 2 aromatic carbocycles. The van der Waals surface area contributed by atoms with Gasteiger partial charge in [-0.3, -0.25) is 4.79 Å². The SMILES string of the molecule is Cc1ccc2c(nc3s/c(=C/c4ccc(OCC5CC5)cc4)c(=O)n32)c1C. The highest BCUT2D eigenvalue weighted by Crippen LogP contribution is 2.29. The number of hydrogen-bond donors (Lipinski definition) is 0. The molecule has 0 atom stereocenters. The number of fused-ring (bicyclic) bond motifs is 3. The third-order valence-electron chi connectivity index (χ3n) is 5.30. The van der Waals surface area contributed by atoms with E-state index in [4.69, 9.17) is 9.72 Å². The van der Waals surface area contributed by atoms with E-state index in [0.717, 1.165) is 45.4 Å². The first-order valence-electron chi connectivity index (χ1n) is 9.26. The number of aryl methyl sites for hydroxylation is 2. The number of imidazole rings is 1. The second-order valence-electron chi connectivity index (χ2n) is 7.34. The minimum atomic E-state index is -0.00480. The Morgan fingerprint density at radius 2 is 1.96 bits per heavy atom. The maximum Gasteiger partial charge on any atom is 0.274 e. The predicted molar refractivity (Wildman–Crippen MR) is 110 cm³/mol. The molecule has 5 heteroatoms. The van der Waals surface area contributed by atoms with Crippen molar-refractivity contribution in [2.24, 2.45) is 5.92 Å². The van der Waals surface area contributed by atoms with Crippen LogP contribution >= 0.6 is 11.3 Å². The molecule has 5 rings (SSSR count). The molecule has 2 aromatic heterocycles. The molecule has 1 saturated carbocycles. The van der Waals surface area contributed by atoms with Gasteiger partial charge in [-0.15, -0.1) is 0 Å². The molecular formula is C22H20N2O2S. The lowest BCUT2D eigenvalue weighted by Crippen LogP contribution is -2.22. The lowest BCUT2D eigenvalue weighted by atomic mass is 10.1. The van der Waals surface area contributed by atoms with E-state index in [9.17, 15) is 4.79 Å². The average molecular weight is 376 g/mol. The van der Waals surface area contributed by atoms with E-state index < -0.39 is 0 Å². The highest BCUT2D eigenvalue weighted by molar-refractivity contribution is 7.15. The topological polar surface area (TPSA) is 43.6 Å². The van der Waals surface area contributed by atoms with Gasteiger partial charge in [-0.25, -0.2) is 9.38 Å². The summed E-state index contributed by atoms with van der Waals surface area (Å²) in [5.41, 5.74) is 5.12. The molecule has 0 aliphatic heterocycles. The zero-order valence-electron chi connectivity index (χ0n) is 15.4. The van der Waals surface area contributed by atoms with Gasteiger partial charge in [0.15, 0.2) is 4.96 Å². The molecule has 0 saturated heterocycles. The highest BCUT2D eigenvalue weighted by Gasteiger charge is 2.21. The van der Waals surface area contributed by atoms with Crippen LogP contribution in [0.4, 0.5) is 0 Å². The number of aromatic nitrogens is 2. The van der Waals surface area contributed by atoms with Gasteiger partial charge in [-0.1, -0.05) is 29.5 Å². The Hall–Kier alpha value is -2.66. The number of ether oxygens (including phenoxy) is 1. The second kappa shape index (κ2) is 6.20. The van der Waals surface area contributed by atoms with Crippen molar-refractivity contribution in [3.63, 3.8) is 0 Å². The maximum atomic E-state index is 12.9. The quantitative estimate of drug-likeness (QED) is 0.543. The van der Waals surface area contributed by atoms with Crippen LogP contribution in [0.3, 0.4) is 0 Å². The summed E-state index contributed by atoms with van der Waals surface area (Å²) in [6.07, 6.45) is 4.50. The summed E-state index contributed by atoms with van der Waals surface area (Å²) < 4.78 is 8.20. The Morgan fingerprint density at radius 3 is 2.70 bits per heavy atom. The van der Waals surface area contributed by atoms with Crippen LogP contribution in [0, 0.1) is 19.8 Å². The minimum Gasteiger partial charge on any atom is -0.493 e. The van der Waals surface area contributed by atoms with Gasteiger partial charge in [0, 0.05) is 0 Å². The van der Waals surface area contributed by atoms with Crippen molar-refractivity contribution >= 4 is 33.4 Å². The predicted octanol–water partition coefficient (Wildman–Crippen LogP) is 3.86. The van der Waals surface area contributed by atoms with Gasteiger partial charge in [0.1, 0.15) is 5.75 Å². The van der Waals surface area contributed by atoms with Gasteiger partial charge in [-0.2, -0.15) is 0 Å². The van der Waals surface area contributed by atoms with Crippen molar-refractivity contribution in [2.75, 3.05) is 6.61 Å². The van der Waals surface area contributed by atoms with Crippen LogP contribution in [-0.2, 0) is 0 Å². The van der Waals surface area contributed by atoms with Crippen LogP contribution in [0.5, 0.6) is 5.75 Å². The molecule has 27 heavy (non-hydrogen) atoms. The number of benzene rings is 2. The first kappa shape index (κ1) is 16.5. The summed E-state index contributed by atoms with van der Waals surface area (Å²) in [4.78, 5) is 18.4. The summed E-state index contributed by atoms with van der Waals surface area (Å²) in [5.74, 6) is 1.63. The molecule has 4 nitrogen and oxygen atoms in total. The van der Waals surface area contributed by atoms with Gasteiger partial charge >= 0.3 is 0 Å². The molecule has 0 N–H and O–H groups in total. The summed E-state index contributed by atoms with van der Waals surface area (Å²) >= 11 is 1.44. The fraction of sp³-hybridized carbons (Fsp3) is 0.273. The fourth-order valence-corrected chi connectivity index (χ4v) is 4.26. The highest BCUT2D eigenvalue weighted by atomic mass is 32.1. The van der Waals surface area contributed by atoms with Crippen molar-refractivity contribution in [1.29, 1.82) is 0 Å². The van der Waals surface area contributed by atoms with Crippen LogP contribution in [0.1, 0.15) is 29.5 Å². The van der Waals surface area contributed by atoms with Crippen molar-refractivity contribution in [3.05, 3.63) is 68.0 Å². The third kappa shape index (κ3) is 2.92. The first-order valence-corrected chi connectivity index (χ1v) is 10.1. The Bertz CT molecular complexity index is 1260. The fourth-order valence-electron chi connectivity index (χ4n) is 3.28. The van der Waals surface area contributed by atoms with E-state index in [2.05, 4.69) is 13.8 Å². The van der Waals surface area contributed by atoms with Gasteiger partial charge in [0.2, 0.25) is 0 Å². The number of thiazole rings is 1. The molecular weight excluding hydrogens is 356 g/mol. The molecule has 2 heterocycles. The molecule has 0 bridgehead atoms. The summed E-state index contributed by atoms with van der Waals surface area (Å²) in [7, 11) is 0. The van der Waals surface area contributed by atoms with E-state index in [-0.39, 0.29) is 5.56 Å². The van der Waals surface area contributed by atoms with Crippen molar-refractivity contribution in [3.8, 4) is 5.75 Å². The van der Waals surface area contributed by atoms with Gasteiger partial charge in [-0.05, 0) is 73.6 Å². The summed E-state index contributed by atoms with van der Waals surface area (Å²) in [6, 6.07) is 12.0. The molecule has 0 spiro atoms. The third-order valence-corrected chi connectivity index (χ3v) is 6.26. The van der Waals surface area contributed by atoms with E-state index in [0.29, 0.717) is 4.53 Å². The van der Waals surface area contributed by atoms with Gasteiger partial charge in [0.05, 0.1) is 22.2 Å². The number of nitrogens with zero attached hydrogens (tertiary/aromatic N) is 2. The van der Waals surface area contributed by atoms with Crippen LogP contribution in [-0.4, -0.2) is 16.0 Å². The van der Waals surface area contributed by atoms with Crippen LogP contribution in [0.2, 0.25) is 0 Å². The molecule has 0 amide bonds. The first-order chi connectivity index (χ1) is 13.1. The minimum absolute atomic E-state index is 0.00480. The van der Waals surface area contributed by atoms with Crippen molar-refractivity contribution in [1.82, 2.24) is 9.38 Å². The number of rotatable bonds is 4. The molecule has 1 fully saturated rings. The van der Waals surface area contributed by atoms with E-state index in [1.54, 1.807) is 4.40 Å². The standard InChI is InChI=1S/C22H20N2O2S/c1-13-3-10-18-20(14(13)2)23-22-24(18)21(25)19(27-22)11-15-6-8-17(9-7-15)26-12-16-4-5-16/h3,6-11,16H,4-5,12H2,1-2H3/b19-11+. The Labute approximate surface area is 160 Å². The Kier molecular flexibility index (Phi) is 3.79. The molecule has 0 radical (unpaired) electrons. The second-order valence-corrected chi connectivity index (χ2v) is 8.35. The molecule has 0 unspecified atom stereocenters. The normalized spacial score (nSPS) is 15.1. The van der Waals surface area contributed by atoms with Crippen molar-refractivity contribution < 1.29 is 4.74 Å². The van der Waals surface area contributed by atoms with Gasteiger partial charge in [0.25, 0.3) is 5.56 Å². The lowest BCUT2D eigenvalue weighted by Gasteiger charge is -2.04. The maximum absolute atomic E-state index is 12.9. The van der Waals surface area contributed by atoms with Crippen LogP contribution in [0.15, 0.2) is 41.2 Å². The van der Waals surface area contributed by atoms with Crippen molar-refractivity contribution in [2.45, 2.75) is 26.7 Å². The zero-order valence-corrected chi connectivity index (χ0v) is 16.2. The zero-order chi connectivity index (χ0) is 18.5. The molecule has 4 aromatic rings. The largest absolute Gasteiger partial charge is 0.493 e. The molecule has 1 aliphatic carbocycles. The smallest absolute Gasteiger partial charge is 0.274 e. The average Bonchev–Trinajstić information content (AvgIpc) is 3.36. The van der Waals surface area contributed by atoms with E-state index >= 15 is 0 Å². The summed E-state index contributed by atoms with van der Waals surface area (Å²) in [5, 5.41) is 0. The lowest BCUT2D eigenvalue weighted by molar-refractivity contribution is 0.300.